The van der Waals surface area contributed by atoms with Crippen LogP contribution in [-0.2, 0) is 4.79 Å². The highest BCUT2D eigenvalue weighted by molar-refractivity contribution is 6.04. The number of carbonyl (C=O) groups excluding carboxylic acids is 2. The molecule has 2 aromatic carbocycles. The van der Waals surface area contributed by atoms with Gasteiger partial charge in [0.25, 0.3) is 5.91 Å². The first-order valence-corrected chi connectivity index (χ1v) is 9.73. The summed E-state index contributed by atoms with van der Waals surface area (Å²) in [5, 5.41) is 9.16. The van der Waals surface area contributed by atoms with Crippen LogP contribution in [0.4, 0.5) is 11.4 Å². The highest BCUT2D eigenvalue weighted by Crippen LogP contribution is 2.20. The molecule has 2 amide bonds. The maximum atomic E-state index is 12.4. The van der Waals surface area contributed by atoms with E-state index in [1.807, 2.05) is 19.1 Å². The molecule has 2 aromatic rings. The first kappa shape index (κ1) is 19.9. The Morgan fingerprint density at radius 1 is 1.04 bits per heavy atom. The molecule has 0 aromatic heterocycles. The lowest BCUT2D eigenvalue weighted by Gasteiger charge is -2.27. The Labute approximate surface area is 165 Å². The van der Waals surface area contributed by atoms with Crippen LogP contribution >= 0.6 is 0 Å². The summed E-state index contributed by atoms with van der Waals surface area (Å²) in [6.07, 6.45) is 1.69. The van der Waals surface area contributed by atoms with E-state index in [1.54, 1.807) is 36.4 Å². The van der Waals surface area contributed by atoms with Crippen LogP contribution in [0.15, 0.2) is 48.5 Å². The van der Waals surface area contributed by atoms with E-state index in [2.05, 4.69) is 22.9 Å². The summed E-state index contributed by atoms with van der Waals surface area (Å²) in [4.78, 5) is 24.8. The van der Waals surface area contributed by atoms with Crippen molar-refractivity contribution in [3.8, 4) is 5.75 Å². The van der Waals surface area contributed by atoms with E-state index >= 15 is 0 Å². The molecule has 1 saturated heterocycles. The van der Waals surface area contributed by atoms with Crippen LogP contribution in [0.2, 0.25) is 0 Å². The molecule has 0 bridgehead atoms. The molecule has 0 radical (unpaired) electrons. The second-order valence-electron chi connectivity index (χ2n) is 7.05. The topological polar surface area (TPSA) is 79.5 Å². The molecule has 0 spiro atoms. The number of carbonyl (C=O) groups is 2. The van der Waals surface area contributed by atoms with Gasteiger partial charge in [-0.05, 0) is 81.8 Å². The normalized spacial score (nSPS) is 18.9. The second kappa shape index (κ2) is 9.37. The van der Waals surface area contributed by atoms with Crippen molar-refractivity contribution in [3.63, 3.8) is 0 Å². The second-order valence-corrected chi connectivity index (χ2v) is 7.05. The maximum absolute atomic E-state index is 12.4. The Bertz CT molecular complexity index is 803. The number of hydrogen-bond acceptors (Lipinski definition) is 4. The average molecular weight is 381 g/mol. The Hall–Kier alpha value is -2.86. The lowest BCUT2D eigenvalue weighted by Crippen LogP contribution is -2.40. The minimum absolute atomic E-state index is 0.0267. The third kappa shape index (κ3) is 5.33. The highest BCUT2D eigenvalue weighted by atomic mass is 16.5. The molecular weight excluding hydrogens is 354 g/mol. The number of benzene rings is 2. The van der Waals surface area contributed by atoms with Crippen molar-refractivity contribution in [2.45, 2.75) is 32.7 Å². The predicted molar refractivity (Wildman–Crippen MR) is 111 cm³/mol. The van der Waals surface area contributed by atoms with Crippen LogP contribution in [0.5, 0.6) is 5.75 Å². The molecule has 0 unspecified atom stereocenters. The van der Waals surface area contributed by atoms with Crippen LogP contribution < -0.4 is 20.7 Å². The van der Waals surface area contributed by atoms with Gasteiger partial charge in [-0.2, -0.15) is 0 Å². The highest BCUT2D eigenvalue weighted by Gasteiger charge is 2.24. The summed E-state index contributed by atoms with van der Waals surface area (Å²) < 4.78 is 5.39. The molecule has 1 aliphatic heterocycles. The molecule has 6 nitrogen and oxygen atoms in total. The molecule has 148 valence electrons. The zero-order valence-corrected chi connectivity index (χ0v) is 16.3. The molecule has 0 saturated carbocycles. The number of ether oxygens (including phenoxy) is 1. The van der Waals surface area contributed by atoms with E-state index in [-0.39, 0.29) is 17.7 Å². The monoisotopic (exact) mass is 381 g/mol. The molecule has 28 heavy (non-hydrogen) atoms. The number of anilines is 2. The van der Waals surface area contributed by atoms with Gasteiger partial charge in [-0.15, -0.1) is 0 Å². The first-order valence-electron chi connectivity index (χ1n) is 9.73. The van der Waals surface area contributed by atoms with Gasteiger partial charge in [-0.1, -0.05) is 0 Å². The summed E-state index contributed by atoms with van der Waals surface area (Å²) in [7, 11) is 0. The van der Waals surface area contributed by atoms with Crippen LogP contribution in [0, 0.1) is 5.92 Å². The van der Waals surface area contributed by atoms with Crippen molar-refractivity contribution in [3.05, 3.63) is 54.1 Å². The molecule has 6 heteroatoms. The van der Waals surface area contributed by atoms with E-state index in [1.165, 1.54) is 0 Å². The molecule has 0 aliphatic carbocycles. The first-order chi connectivity index (χ1) is 13.5. The van der Waals surface area contributed by atoms with Crippen LogP contribution in [-0.4, -0.2) is 31.0 Å². The summed E-state index contributed by atoms with van der Waals surface area (Å²) in [5.74, 6) is 0.636. The average Bonchev–Trinajstić information content (AvgIpc) is 2.70. The van der Waals surface area contributed by atoms with E-state index < -0.39 is 0 Å². The smallest absolute Gasteiger partial charge is 0.255 e. The standard InChI is InChI=1S/C22H27N3O3/c1-3-28-20-10-8-19(9-11-20)24-21(26)16-4-6-18(7-5-16)25-22(27)17-12-13-23-15(2)14-17/h4-11,15,17,23H,3,12-14H2,1-2H3,(H,24,26)(H,25,27)/t15-,17-/m0/s1. The SMILES string of the molecule is CCOc1ccc(NC(=O)c2ccc(NC(=O)[C@H]3CCN[C@@H](C)C3)cc2)cc1. The Balaban J connectivity index is 1.55. The van der Waals surface area contributed by atoms with Gasteiger partial charge >= 0.3 is 0 Å². The fraction of sp³-hybridized carbons (Fsp3) is 0.364. The largest absolute Gasteiger partial charge is 0.494 e. The number of amides is 2. The van der Waals surface area contributed by atoms with Crippen molar-refractivity contribution in [1.29, 1.82) is 0 Å². The van der Waals surface area contributed by atoms with Gasteiger partial charge in [0.1, 0.15) is 5.75 Å². The fourth-order valence-corrected chi connectivity index (χ4v) is 3.32. The Kier molecular flexibility index (Phi) is 6.66. The summed E-state index contributed by atoms with van der Waals surface area (Å²) >= 11 is 0. The van der Waals surface area contributed by atoms with E-state index in [4.69, 9.17) is 4.74 Å². The van der Waals surface area contributed by atoms with Gasteiger partial charge in [0.05, 0.1) is 6.61 Å². The molecule has 3 rings (SSSR count). The summed E-state index contributed by atoms with van der Waals surface area (Å²) in [6, 6.07) is 14.5. The van der Waals surface area contributed by atoms with Gasteiger partial charge < -0.3 is 20.7 Å². The van der Waals surface area contributed by atoms with Crippen molar-refractivity contribution < 1.29 is 14.3 Å². The maximum Gasteiger partial charge on any atom is 0.255 e. The summed E-state index contributed by atoms with van der Waals surface area (Å²) in [6.45, 7) is 5.49. The minimum atomic E-state index is -0.200. The van der Waals surface area contributed by atoms with Crippen LogP contribution in [0.3, 0.4) is 0 Å². The van der Waals surface area contributed by atoms with Crippen molar-refractivity contribution in [1.82, 2.24) is 5.32 Å². The third-order valence-corrected chi connectivity index (χ3v) is 4.83. The van der Waals surface area contributed by atoms with E-state index in [0.717, 1.165) is 25.1 Å². The van der Waals surface area contributed by atoms with Gasteiger partial charge in [0, 0.05) is 28.9 Å². The van der Waals surface area contributed by atoms with Gasteiger partial charge in [0.15, 0.2) is 0 Å². The lowest BCUT2D eigenvalue weighted by molar-refractivity contribution is -0.120. The van der Waals surface area contributed by atoms with Gasteiger partial charge in [0.2, 0.25) is 5.91 Å². The molecule has 3 N–H and O–H groups in total. The molecule has 2 atom stereocenters. The quantitative estimate of drug-likeness (QED) is 0.713. The fourth-order valence-electron chi connectivity index (χ4n) is 3.32. The Morgan fingerprint density at radius 3 is 2.32 bits per heavy atom. The van der Waals surface area contributed by atoms with Crippen molar-refractivity contribution in [2.24, 2.45) is 5.92 Å². The number of nitrogens with one attached hydrogen (secondary N) is 3. The number of hydrogen-bond donors (Lipinski definition) is 3. The minimum Gasteiger partial charge on any atom is -0.494 e. The molecule has 1 aliphatic rings. The molecule has 1 heterocycles. The molecular formula is C22H27N3O3. The third-order valence-electron chi connectivity index (χ3n) is 4.83. The van der Waals surface area contributed by atoms with Crippen LogP contribution in [0.1, 0.15) is 37.0 Å². The van der Waals surface area contributed by atoms with Gasteiger partial charge in [-0.3, -0.25) is 9.59 Å². The van der Waals surface area contributed by atoms with Crippen molar-refractivity contribution in [2.75, 3.05) is 23.8 Å². The summed E-state index contributed by atoms with van der Waals surface area (Å²) in [5.41, 5.74) is 1.93. The Morgan fingerprint density at radius 2 is 1.68 bits per heavy atom. The van der Waals surface area contributed by atoms with Crippen LogP contribution in [0.25, 0.3) is 0 Å². The van der Waals surface area contributed by atoms with Gasteiger partial charge in [-0.25, -0.2) is 0 Å². The molecule has 1 fully saturated rings. The number of piperidine rings is 1. The zero-order chi connectivity index (χ0) is 19.9. The lowest BCUT2D eigenvalue weighted by atomic mass is 9.92. The van der Waals surface area contributed by atoms with E-state index in [9.17, 15) is 9.59 Å². The van der Waals surface area contributed by atoms with E-state index in [0.29, 0.717) is 29.6 Å². The zero-order valence-electron chi connectivity index (χ0n) is 16.3. The number of rotatable bonds is 6. The van der Waals surface area contributed by atoms with Crippen molar-refractivity contribution >= 4 is 23.2 Å². The predicted octanol–water partition coefficient (Wildman–Crippen LogP) is 3.66.